The predicted octanol–water partition coefficient (Wildman–Crippen LogP) is 6.32. The number of rotatable bonds is 8. The van der Waals surface area contributed by atoms with Crippen LogP contribution in [0.2, 0.25) is 5.02 Å². The molecule has 0 unspecified atom stereocenters. The topological polar surface area (TPSA) is 49.4 Å². The van der Waals surface area contributed by atoms with Gasteiger partial charge in [0.15, 0.2) is 0 Å². The number of hydrogen-bond acceptors (Lipinski definition) is 2. The van der Waals surface area contributed by atoms with Gasteiger partial charge in [0.2, 0.25) is 11.8 Å². The lowest BCUT2D eigenvalue weighted by molar-refractivity contribution is -0.139. The maximum atomic E-state index is 13.8. The second-order valence-corrected chi connectivity index (χ2v) is 9.52. The molecule has 0 aromatic heterocycles. The van der Waals surface area contributed by atoms with Gasteiger partial charge in [0.1, 0.15) is 17.7 Å². The van der Waals surface area contributed by atoms with Crippen LogP contribution in [0.3, 0.4) is 0 Å². The Bertz CT molecular complexity index is 822. The summed E-state index contributed by atoms with van der Waals surface area (Å²) in [5.41, 5.74) is 1.73. The van der Waals surface area contributed by atoms with Crippen molar-refractivity contribution in [2.24, 2.45) is 0 Å². The molecule has 1 N–H and O–H groups in total. The number of amides is 2. The lowest BCUT2D eigenvalue weighted by Crippen LogP contribution is -2.47. The molecule has 32 heavy (non-hydrogen) atoms. The summed E-state index contributed by atoms with van der Waals surface area (Å²) in [5.74, 6) is -1.32. The Labute approximate surface area is 200 Å². The van der Waals surface area contributed by atoms with Crippen LogP contribution < -0.4 is 5.32 Å². The predicted molar refractivity (Wildman–Crippen MR) is 127 cm³/mol. The van der Waals surface area contributed by atoms with Gasteiger partial charge < -0.3 is 10.2 Å². The van der Waals surface area contributed by atoms with Crippen LogP contribution in [0.15, 0.2) is 29.8 Å². The number of benzene rings is 1. The number of carbonyl (C=O) groups excluding carboxylic acids is 2. The van der Waals surface area contributed by atoms with E-state index in [0.717, 1.165) is 44.9 Å². The van der Waals surface area contributed by atoms with Gasteiger partial charge in [-0.25, -0.2) is 4.39 Å². The van der Waals surface area contributed by atoms with Crippen LogP contribution in [-0.2, 0) is 9.59 Å². The maximum Gasteiger partial charge on any atom is 0.247 e. The SMILES string of the molecule is O=C(NC1CCCCCC1)[C@@H](c1ccc(F)cc1Cl)N(CCC1=CCCCC1)C(=O)CCl. The highest BCUT2D eigenvalue weighted by molar-refractivity contribution is 6.31. The molecule has 0 aliphatic heterocycles. The van der Waals surface area contributed by atoms with E-state index in [4.69, 9.17) is 23.2 Å². The van der Waals surface area contributed by atoms with Crippen LogP contribution >= 0.6 is 23.2 Å². The minimum Gasteiger partial charge on any atom is -0.351 e. The zero-order valence-corrected chi connectivity index (χ0v) is 20.1. The molecule has 0 heterocycles. The summed E-state index contributed by atoms with van der Waals surface area (Å²) in [7, 11) is 0. The van der Waals surface area contributed by atoms with Gasteiger partial charge in [-0.05, 0) is 57.1 Å². The van der Waals surface area contributed by atoms with E-state index in [-0.39, 0.29) is 28.8 Å². The zero-order valence-electron chi connectivity index (χ0n) is 18.6. The minimum absolute atomic E-state index is 0.0701. The van der Waals surface area contributed by atoms with Crippen LogP contribution in [0.25, 0.3) is 0 Å². The van der Waals surface area contributed by atoms with Crippen molar-refractivity contribution in [2.45, 2.75) is 82.7 Å². The molecule has 1 aromatic carbocycles. The summed E-state index contributed by atoms with van der Waals surface area (Å²) < 4.78 is 13.8. The smallest absolute Gasteiger partial charge is 0.247 e. The summed E-state index contributed by atoms with van der Waals surface area (Å²) in [5, 5.41) is 3.29. The zero-order chi connectivity index (χ0) is 22.9. The van der Waals surface area contributed by atoms with Crippen molar-refractivity contribution in [3.8, 4) is 0 Å². The molecule has 4 nitrogen and oxygen atoms in total. The van der Waals surface area contributed by atoms with Crippen molar-refractivity contribution < 1.29 is 14.0 Å². The molecule has 2 amide bonds. The molecule has 0 radical (unpaired) electrons. The van der Waals surface area contributed by atoms with Crippen LogP contribution in [0.1, 0.15) is 82.2 Å². The standard InChI is InChI=1S/C25H33Cl2FN2O2/c26-17-23(31)30(15-14-18-8-4-3-5-9-18)24(21-13-12-19(28)16-22(21)27)25(32)29-20-10-6-1-2-7-11-20/h8,12-13,16,20,24H,1-7,9-11,14-15,17H2,(H,29,32)/t24-/m1/s1. The van der Waals surface area contributed by atoms with Crippen LogP contribution in [0.4, 0.5) is 4.39 Å². The van der Waals surface area contributed by atoms with Gasteiger partial charge in [-0.2, -0.15) is 0 Å². The van der Waals surface area contributed by atoms with Crippen molar-refractivity contribution in [1.82, 2.24) is 10.2 Å². The van der Waals surface area contributed by atoms with Crippen molar-refractivity contribution in [2.75, 3.05) is 12.4 Å². The van der Waals surface area contributed by atoms with Gasteiger partial charge in [-0.1, -0.05) is 55.0 Å². The minimum atomic E-state index is -0.943. The van der Waals surface area contributed by atoms with Crippen LogP contribution in [0, 0.1) is 5.82 Å². The van der Waals surface area contributed by atoms with E-state index in [9.17, 15) is 14.0 Å². The molecule has 7 heteroatoms. The van der Waals surface area contributed by atoms with Gasteiger partial charge in [-0.3, -0.25) is 9.59 Å². The fourth-order valence-corrected chi connectivity index (χ4v) is 5.17. The Morgan fingerprint density at radius 1 is 1.12 bits per heavy atom. The fourth-order valence-electron chi connectivity index (χ4n) is 4.75. The lowest BCUT2D eigenvalue weighted by Gasteiger charge is -2.33. The first-order chi connectivity index (χ1) is 15.5. The Morgan fingerprint density at radius 3 is 2.50 bits per heavy atom. The third kappa shape index (κ3) is 6.95. The van der Waals surface area contributed by atoms with E-state index in [1.54, 1.807) is 0 Å². The third-order valence-corrected chi connectivity index (χ3v) is 7.07. The Balaban J connectivity index is 1.88. The fraction of sp³-hybridized carbons (Fsp3) is 0.600. The van der Waals surface area contributed by atoms with Crippen LogP contribution in [0.5, 0.6) is 0 Å². The molecule has 1 aromatic rings. The monoisotopic (exact) mass is 482 g/mol. The highest BCUT2D eigenvalue weighted by Crippen LogP contribution is 2.31. The number of carbonyl (C=O) groups is 2. The highest BCUT2D eigenvalue weighted by atomic mass is 35.5. The molecule has 1 atom stereocenters. The summed E-state index contributed by atoms with van der Waals surface area (Å²) in [6.45, 7) is 0.369. The third-order valence-electron chi connectivity index (χ3n) is 6.51. The molecule has 1 saturated carbocycles. The Morgan fingerprint density at radius 2 is 1.88 bits per heavy atom. The lowest BCUT2D eigenvalue weighted by atomic mass is 9.96. The molecule has 0 spiro atoms. The molecule has 0 saturated heterocycles. The van der Waals surface area contributed by atoms with E-state index >= 15 is 0 Å². The van der Waals surface area contributed by atoms with E-state index < -0.39 is 11.9 Å². The van der Waals surface area contributed by atoms with Gasteiger partial charge in [0.05, 0.1) is 0 Å². The van der Waals surface area contributed by atoms with Gasteiger partial charge in [-0.15, -0.1) is 11.6 Å². The normalized spacial score (nSPS) is 18.4. The Kier molecular flexibility index (Phi) is 9.86. The average Bonchev–Trinajstić information content (AvgIpc) is 3.06. The summed E-state index contributed by atoms with van der Waals surface area (Å²) in [4.78, 5) is 28.0. The largest absolute Gasteiger partial charge is 0.351 e. The molecule has 0 bridgehead atoms. The van der Waals surface area contributed by atoms with Crippen molar-refractivity contribution in [1.29, 1.82) is 0 Å². The van der Waals surface area contributed by atoms with Crippen molar-refractivity contribution in [3.63, 3.8) is 0 Å². The van der Waals surface area contributed by atoms with Gasteiger partial charge in [0.25, 0.3) is 0 Å². The quantitative estimate of drug-likeness (QED) is 0.267. The number of allylic oxidation sites excluding steroid dienone is 1. The molecular weight excluding hydrogens is 450 g/mol. The summed E-state index contributed by atoms with van der Waals surface area (Å²) in [6.07, 6.45) is 13.7. The van der Waals surface area contributed by atoms with Crippen LogP contribution in [-0.4, -0.2) is 35.2 Å². The highest BCUT2D eigenvalue weighted by Gasteiger charge is 2.34. The maximum absolute atomic E-state index is 13.8. The molecule has 3 rings (SSSR count). The molecule has 176 valence electrons. The van der Waals surface area contributed by atoms with E-state index in [1.807, 2.05) is 0 Å². The molecule has 1 fully saturated rings. The summed E-state index contributed by atoms with van der Waals surface area (Å²) in [6, 6.07) is 3.10. The first kappa shape index (κ1) is 25.0. The van der Waals surface area contributed by atoms with E-state index in [0.29, 0.717) is 18.5 Å². The average molecular weight is 483 g/mol. The number of nitrogens with one attached hydrogen (secondary N) is 1. The van der Waals surface area contributed by atoms with Gasteiger partial charge in [0, 0.05) is 23.2 Å². The number of alkyl halides is 1. The second kappa shape index (κ2) is 12.6. The van der Waals surface area contributed by atoms with E-state index in [2.05, 4.69) is 11.4 Å². The Hall–Kier alpha value is -1.59. The molecule has 2 aliphatic carbocycles. The van der Waals surface area contributed by atoms with Crippen molar-refractivity contribution >= 4 is 35.0 Å². The second-order valence-electron chi connectivity index (χ2n) is 8.84. The van der Waals surface area contributed by atoms with Gasteiger partial charge >= 0.3 is 0 Å². The first-order valence-corrected chi connectivity index (χ1v) is 12.7. The van der Waals surface area contributed by atoms with E-state index in [1.165, 1.54) is 47.9 Å². The molecule has 2 aliphatic rings. The number of halogens is 3. The van der Waals surface area contributed by atoms with Crippen molar-refractivity contribution in [3.05, 3.63) is 46.3 Å². The summed E-state index contributed by atoms with van der Waals surface area (Å²) >= 11 is 12.3. The number of hydrogen-bond donors (Lipinski definition) is 1. The first-order valence-electron chi connectivity index (χ1n) is 11.8. The molecular formula is C25H33Cl2FN2O2. The number of nitrogens with zero attached hydrogens (tertiary/aromatic N) is 1.